The predicted molar refractivity (Wildman–Crippen MR) is 147 cm³/mol. The lowest BCUT2D eigenvalue weighted by Crippen LogP contribution is -2.46. The minimum atomic E-state index is -0.863. The molecule has 1 unspecified atom stereocenters. The number of nitriles is 1. The van der Waals surface area contributed by atoms with E-state index in [4.69, 9.17) is 5.73 Å². The molecule has 4 rings (SSSR count). The zero-order valence-electron chi connectivity index (χ0n) is 21.0. The molecule has 2 aromatic carbocycles. The monoisotopic (exact) mass is 503 g/mol. The number of thiophene rings is 1. The Balaban J connectivity index is 1.71. The van der Waals surface area contributed by atoms with Crippen LogP contribution in [0.3, 0.4) is 0 Å². The lowest BCUT2D eigenvalue weighted by atomic mass is 10.00. The third-order valence-electron chi connectivity index (χ3n) is 6.41. The highest BCUT2D eigenvalue weighted by Gasteiger charge is 2.26. The molecular formula is C28H33N5O2S. The van der Waals surface area contributed by atoms with E-state index in [1.54, 1.807) is 26.0 Å². The van der Waals surface area contributed by atoms with Gasteiger partial charge in [-0.2, -0.15) is 5.26 Å². The van der Waals surface area contributed by atoms with E-state index in [1.165, 1.54) is 11.3 Å². The molecule has 1 saturated heterocycles. The van der Waals surface area contributed by atoms with Crippen molar-refractivity contribution in [1.82, 2.24) is 10.2 Å². The summed E-state index contributed by atoms with van der Waals surface area (Å²) in [5.74, 6) is 0.0394. The van der Waals surface area contributed by atoms with E-state index >= 15 is 0 Å². The minimum absolute atomic E-state index is 0.0394. The van der Waals surface area contributed by atoms with Crippen LogP contribution in [0.25, 0.3) is 21.6 Å². The van der Waals surface area contributed by atoms with E-state index in [0.717, 1.165) is 46.6 Å². The van der Waals surface area contributed by atoms with Crippen molar-refractivity contribution in [3.05, 3.63) is 59.0 Å². The number of nitrogens with zero attached hydrogens (tertiary/aromatic N) is 2. The molecular weight excluding hydrogens is 470 g/mol. The molecule has 7 nitrogen and oxygen atoms in total. The number of piperidine rings is 1. The van der Waals surface area contributed by atoms with Crippen LogP contribution in [0.1, 0.15) is 41.9 Å². The number of rotatable bonds is 7. The van der Waals surface area contributed by atoms with Crippen molar-refractivity contribution in [1.29, 1.82) is 5.26 Å². The molecule has 1 fully saturated rings. The fourth-order valence-corrected chi connectivity index (χ4v) is 5.52. The number of hydrogen-bond acceptors (Lipinski definition) is 7. The van der Waals surface area contributed by atoms with Gasteiger partial charge < -0.3 is 26.4 Å². The molecule has 0 bridgehead atoms. The standard InChI is InChI=1S/C28H33N5O2S/c1-28(2,35)17-32-24-11-10-20(13-23(24)30)26-22(19-8-6-18(15-29)7-9-19)14-25(36-26)27(34)33-12-4-5-21(16-33)31-3/h6-11,13-14,21,31-32,35H,4-5,12,16-17,30H2,1-3H3. The molecule has 2 heterocycles. The van der Waals surface area contributed by atoms with E-state index in [2.05, 4.69) is 16.7 Å². The van der Waals surface area contributed by atoms with Gasteiger partial charge in [0.1, 0.15) is 0 Å². The van der Waals surface area contributed by atoms with Crippen molar-refractivity contribution < 1.29 is 9.90 Å². The number of likely N-dealkylation sites (N-methyl/N-ethyl adjacent to an activating group) is 1. The fraction of sp³-hybridized carbons (Fsp3) is 0.357. The van der Waals surface area contributed by atoms with Crippen molar-refractivity contribution in [2.24, 2.45) is 0 Å². The molecule has 0 radical (unpaired) electrons. The first-order valence-corrected chi connectivity index (χ1v) is 13.0. The van der Waals surface area contributed by atoms with Crippen molar-refractivity contribution in [3.8, 4) is 27.6 Å². The van der Waals surface area contributed by atoms with Gasteiger partial charge in [-0.1, -0.05) is 18.2 Å². The third-order valence-corrected chi connectivity index (χ3v) is 7.58. The summed E-state index contributed by atoms with van der Waals surface area (Å²) in [6.07, 6.45) is 2.05. The molecule has 0 spiro atoms. The number of benzene rings is 2. The molecule has 3 aromatic rings. The van der Waals surface area contributed by atoms with Crippen LogP contribution in [-0.4, -0.2) is 54.2 Å². The number of likely N-dealkylation sites (tertiary alicyclic amines) is 1. The van der Waals surface area contributed by atoms with Crippen molar-refractivity contribution in [2.75, 3.05) is 37.7 Å². The van der Waals surface area contributed by atoms with E-state index in [-0.39, 0.29) is 5.91 Å². The molecule has 1 aromatic heterocycles. The van der Waals surface area contributed by atoms with E-state index < -0.39 is 5.60 Å². The van der Waals surface area contributed by atoms with Gasteiger partial charge in [-0.15, -0.1) is 11.3 Å². The van der Waals surface area contributed by atoms with Gasteiger partial charge in [0.05, 0.1) is 33.5 Å². The van der Waals surface area contributed by atoms with Crippen LogP contribution >= 0.6 is 11.3 Å². The van der Waals surface area contributed by atoms with Crippen molar-refractivity contribution in [2.45, 2.75) is 38.3 Å². The molecule has 1 aliphatic rings. The minimum Gasteiger partial charge on any atom is -0.397 e. The Kier molecular flexibility index (Phi) is 7.65. The molecule has 1 atom stereocenters. The van der Waals surface area contributed by atoms with Crippen LogP contribution in [0.15, 0.2) is 48.5 Å². The van der Waals surface area contributed by atoms with Gasteiger partial charge in [0, 0.05) is 36.1 Å². The number of aliphatic hydroxyl groups is 1. The summed E-state index contributed by atoms with van der Waals surface area (Å²) in [6.45, 7) is 5.29. The second-order valence-electron chi connectivity index (χ2n) is 9.89. The van der Waals surface area contributed by atoms with Crippen LogP contribution in [0.2, 0.25) is 0 Å². The normalized spacial score (nSPS) is 16.0. The molecule has 0 saturated carbocycles. The van der Waals surface area contributed by atoms with E-state index in [9.17, 15) is 15.2 Å². The van der Waals surface area contributed by atoms with Crippen LogP contribution < -0.4 is 16.4 Å². The molecule has 1 amide bonds. The van der Waals surface area contributed by atoms with E-state index in [0.29, 0.717) is 35.3 Å². The maximum Gasteiger partial charge on any atom is 0.264 e. The summed E-state index contributed by atoms with van der Waals surface area (Å²) in [6, 6.07) is 17.6. The number of nitrogen functional groups attached to an aromatic ring is 1. The maximum absolute atomic E-state index is 13.5. The first-order valence-electron chi connectivity index (χ1n) is 12.2. The van der Waals surface area contributed by atoms with Crippen molar-refractivity contribution >= 4 is 28.6 Å². The first-order chi connectivity index (χ1) is 17.2. The van der Waals surface area contributed by atoms with Gasteiger partial charge in [0.25, 0.3) is 5.91 Å². The van der Waals surface area contributed by atoms with Gasteiger partial charge in [0.2, 0.25) is 0 Å². The summed E-state index contributed by atoms with van der Waals surface area (Å²) in [5.41, 5.74) is 10.2. The average Bonchev–Trinajstić information content (AvgIpc) is 3.32. The quantitative estimate of drug-likeness (QED) is 0.352. The highest BCUT2D eigenvalue weighted by molar-refractivity contribution is 7.18. The number of carbonyl (C=O) groups excluding carboxylic acids is 1. The van der Waals surface area contributed by atoms with Gasteiger partial charge >= 0.3 is 0 Å². The Morgan fingerprint density at radius 2 is 1.94 bits per heavy atom. The van der Waals surface area contributed by atoms with E-state index in [1.807, 2.05) is 48.3 Å². The predicted octanol–water partition coefficient (Wildman–Crippen LogP) is 4.54. The SMILES string of the molecule is CNC1CCCN(C(=O)c2cc(-c3ccc(C#N)cc3)c(-c3ccc(NCC(C)(C)O)c(N)c3)s2)C1. The fourth-order valence-electron chi connectivity index (χ4n) is 4.38. The van der Waals surface area contributed by atoms with Gasteiger partial charge in [0.15, 0.2) is 0 Å². The molecule has 188 valence electrons. The van der Waals surface area contributed by atoms with Crippen molar-refractivity contribution in [3.63, 3.8) is 0 Å². The maximum atomic E-state index is 13.5. The zero-order valence-corrected chi connectivity index (χ0v) is 21.8. The third kappa shape index (κ3) is 5.88. The highest BCUT2D eigenvalue weighted by Crippen LogP contribution is 2.41. The number of nitrogens with one attached hydrogen (secondary N) is 2. The lowest BCUT2D eigenvalue weighted by molar-refractivity contribution is 0.0703. The summed E-state index contributed by atoms with van der Waals surface area (Å²) in [4.78, 5) is 17.1. The van der Waals surface area contributed by atoms with Gasteiger partial charge in [-0.25, -0.2) is 0 Å². The topological polar surface area (TPSA) is 114 Å². The Hall–Kier alpha value is -3.38. The molecule has 1 aliphatic heterocycles. The van der Waals surface area contributed by atoms with Crippen LogP contribution in [0.5, 0.6) is 0 Å². The summed E-state index contributed by atoms with van der Waals surface area (Å²) in [7, 11) is 1.94. The second kappa shape index (κ2) is 10.7. The molecule has 0 aliphatic carbocycles. The largest absolute Gasteiger partial charge is 0.397 e. The Morgan fingerprint density at radius 3 is 2.58 bits per heavy atom. The average molecular weight is 504 g/mol. The molecule has 36 heavy (non-hydrogen) atoms. The summed E-state index contributed by atoms with van der Waals surface area (Å²) >= 11 is 1.47. The number of anilines is 2. The number of hydrogen-bond donors (Lipinski definition) is 4. The second-order valence-corrected chi connectivity index (χ2v) is 10.9. The summed E-state index contributed by atoms with van der Waals surface area (Å²) < 4.78 is 0. The first kappa shape index (κ1) is 25.7. The van der Waals surface area contributed by atoms with Crippen LogP contribution in [-0.2, 0) is 0 Å². The zero-order chi connectivity index (χ0) is 25.9. The summed E-state index contributed by atoms with van der Waals surface area (Å²) in [5, 5.41) is 25.7. The van der Waals surface area contributed by atoms with Gasteiger partial charge in [-0.05, 0) is 75.2 Å². The molecule has 8 heteroatoms. The van der Waals surface area contributed by atoms with Crippen LogP contribution in [0.4, 0.5) is 11.4 Å². The molecule has 5 N–H and O–H groups in total. The highest BCUT2D eigenvalue weighted by atomic mass is 32.1. The number of nitrogens with two attached hydrogens (primary N) is 1. The lowest BCUT2D eigenvalue weighted by Gasteiger charge is -2.32. The smallest absolute Gasteiger partial charge is 0.264 e. The van der Waals surface area contributed by atoms with Crippen LogP contribution in [0, 0.1) is 11.3 Å². The Labute approximate surface area is 216 Å². The number of amides is 1. The van der Waals surface area contributed by atoms with Gasteiger partial charge in [-0.3, -0.25) is 4.79 Å². The number of carbonyl (C=O) groups is 1. The Bertz CT molecular complexity index is 1270. The Morgan fingerprint density at radius 1 is 1.22 bits per heavy atom.